The minimum atomic E-state index is 0.513. The van der Waals surface area contributed by atoms with E-state index in [9.17, 15) is 0 Å². The van der Waals surface area contributed by atoms with Crippen molar-refractivity contribution in [1.82, 2.24) is 9.38 Å². The summed E-state index contributed by atoms with van der Waals surface area (Å²) in [5.41, 5.74) is 8.96. The van der Waals surface area contributed by atoms with E-state index in [0.29, 0.717) is 10.7 Å². The second kappa shape index (κ2) is 4.48. The Bertz CT molecular complexity index is 695. The fourth-order valence-electron chi connectivity index (χ4n) is 1.93. The van der Waals surface area contributed by atoms with E-state index in [1.807, 2.05) is 34.9 Å². The summed E-state index contributed by atoms with van der Waals surface area (Å²) in [6.45, 7) is 0. The Balaban J connectivity index is 2.09. The van der Waals surface area contributed by atoms with Crippen LogP contribution in [-0.2, 0) is 0 Å². The molecule has 0 aliphatic carbocycles. The smallest absolute Gasteiger partial charge is 0.139 e. The molecule has 0 saturated carbocycles. The van der Waals surface area contributed by atoms with Crippen molar-refractivity contribution in [3.05, 3.63) is 47.7 Å². The third-order valence-corrected chi connectivity index (χ3v) is 3.28. The van der Waals surface area contributed by atoms with Crippen molar-refractivity contribution in [3.63, 3.8) is 0 Å². The SMILES string of the molecule is COc1ccc(-c2cn3cc(N)c(Cl)cc3n2)cc1. The van der Waals surface area contributed by atoms with Crippen molar-refractivity contribution in [2.24, 2.45) is 0 Å². The predicted molar refractivity (Wildman–Crippen MR) is 76.6 cm³/mol. The summed E-state index contributed by atoms with van der Waals surface area (Å²) in [7, 11) is 1.64. The molecular formula is C14H12ClN3O. The highest BCUT2D eigenvalue weighted by Crippen LogP contribution is 2.25. The van der Waals surface area contributed by atoms with E-state index < -0.39 is 0 Å². The molecule has 5 heteroatoms. The molecular weight excluding hydrogens is 262 g/mol. The quantitative estimate of drug-likeness (QED) is 0.780. The third-order valence-electron chi connectivity index (χ3n) is 2.96. The van der Waals surface area contributed by atoms with E-state index in [4.69, 9.17) is 22.1 Å². The van der Waals surface area contributed by atoms with E-state index in [2.05, 4.69) is 4.98 Å². The summed E-state index contributed by atoms with van der Waals surface area (Å²) in [5, 5.41) is 0.513. The fraction of sp³-hybridized carbons (Fsp3) is 0.0714. The van der Waals surface area contributed by atoms with Crippen molar-refractivity contribution in [2.75, 3.05) is 12.8 Å². The number of nitrogens with two attached hydrogens (primary N) is 1. The van der Waals surface area contributed by atoms with Crippen molar-refractivity contribution in [3.8, 4) is 17.0 Å². The van der Waals surface area contributed by atoms with Crippen LogP contribution < -0.4 is 10.5 Å². The Labute approximate surface area is 115 Å². The van der Waals surface area contributed by atoms with Gasteiger partial charge in [-0.05, 0) is 24.3 Å². The van der Waals surface area contributed by atoms with Crippen LogP contribution >= 0.6 is 11.6 Å². The van der Waals surface area contributed by atoms with Crippen LogP contribution in [0.1, 0.15) is 0 Å². The van der Waals surface area contributed by atoms with Crippen LogP contribution in [0, 0.1) is 0 Å². The highest BCUT2D eigenvalue weighted by Gasteiger charge is 2.06. The van der Waals surface area contributed by atoms with Gasteiger partial charge in [0.15, 0.2) is 0 Å². The Kier molecular flexibility index (Phi) is 2.80. The Hall–Kier alpha value is -2.20. The standard InChI is InChI=1S/C14H12ClN3O/c1-19-10-4-2-9(3-5-10)13-8-18-7-12(16)11(15)6-14(18)17-13/h2-8H,16H2,1H3. The average molecular weight is 274 g/mol. The van der Waals surface area contributed by atoms with Crippen molar-refractivity contribution < 1.29 is 4.74 Å². The molecule has 0 amide bonds. The summed E-state index contributed by atoms with van der Waals surface area (Å²) < 4.78 is 7.00. The average Bonchev–Trinajstić information content (AvgIpc) is 2.82. The molecule has 0 spiro atoms. The Morgan fingerprint density at radius 1 is 1.21 bits per heavy atom. The van der Waals surface area contributed by atoms with Gasteiger partial charge in [-0.2, -0.15) is 0 Å². The first-order chi connectivity index (χ1) is 9.17. The molecule has 0 fully saturated rings. The minimum absolute atomic E-state index is 0.513. The highest BCUT2D eigenvalue weighted by molar-refractivity contribution is 6.33. The molecule has 96 valence electrons. The maximum absolute atomic E-state index is 5.99. The first kappa shape index (κ1) is 11.9. The van der Waals surface area contributed by atoms with Crippen molar-refractivity contribution >= 4 is 22.9 Å². The number of hydrogen-bond acceptors (Lipinski definition) is 3. The van der Waals surface area contributed by atoms with Crippen LogP contribution in [0.25, 0.3) is 16.9 Å². The van der Waals surface area contributed by atoms with Gasteiger partial charge in [-0.25, -0.2) is 4.98 Å². The monoisotopic (exact) mass is 273 g/mol. The lowest BCUT2D eigenvalue weighted by atomic mass is 10.2. The van der Waals surface area contributed by atoms with E-state index in [1.165, 1.54) is 0 Å². The number of pyridine rings is 1. The number of benzene rings is 1. The zero-order chi connectivity index (χ0) is 13.4. The van der Waals surface area contributed by atoms with E-state index in [1.54, 1.807) is 19.4 Å². The van der Waals surface area contributed by atoms with Gasteiger partial charge in [0.05, 0.1) is 23.5 Å². The number of imidazole rings is 1. The van der Waals surface area contributed by atoms with Crippen molar-refractivity contribution in [2.45, 2.75) is 0 Å². The first-order valence-electron chi connectivity index (χ1n) is 5.75. The number of nitrogen functional groups attached to an aromatic ring is 1. The molecule has 3 rings (SSSR count). The molecule has 4 nitrogen and oxygen atoms in total. The number of hydrogen-bond donors (Lipinski definition) is 1. The number of rotatable bonds is 2. The fourth-order valence-corrected chi connectivity index (χ4v) is 2.07. The van der Waals surface area contributed by atoms with Crippen LogP contribution in [0.3, 0.4) is 0 Å². The number of aromatic nitrogens is 2. The van der Waals surface area contributed by atoms with Gasteiger partial charge in [0.1, 0.15) is 11.4 Å². The maximum atomic E-state index is 5.99. The summed E-state index contributed by atoms with van der Waals surface area (Å²) in [5.74, 6) is 0.819. The van der Waals surface area contributed by atoms with Crippen molar-refractivity contribution in [1.29, 1.82) is 0 Å². The van der Waals surface area contributed by atoms with Crippen LogP contribution in [0.5, 0.6) is 5.75 Å². The molecule has 0 aliphatic rings. The first-order valence-corrected chi connectivity index (χ1v) is 6.13. The van der Waals surface area contributed by atoms with Crippen LogP contribution in [0.4, 0.5) is 5.69 Å². The van der Waals surface area contributed by atoms with E-state index in [-0.39, 0.29) is 0 Å². The molecule has 0 atom stereocenters. The molecule has 2 N–H and O–H groups in total. The normalized spacial score (nSPS) is 10.8. The van der Waals surface area contributed by atoms with Gasteiger partial charge in [0, 0.05) is 24.0 Å². The van der Waals surface area contributed by atoms with Crippen LogP contribution in [-0.4, -0.2) is 16.5 Å². The molecule has 0 aliphatic heterocycles. The number of methoxy groups -OCH3 is 1. The molecule has 0 saturated heterocycles. The molecule has 3 aromatic rings. The minimum Gasteiger partial charge on any atom is -0.497 e. The second-order valence-electron chi connectivity index (χ2n) is 4.20. The summed E-state index contributed by atoms with van der Waals surface area (Å²) in [6.07, 6.45) is 3.68. The zero-order valence-electron chi connectivity index (χ0n) is 10.3. The molecule has 1 aromatic carbocycles. The van der Waals surface area contributed by atoms with Gasteiger partial charge in [-0.15, -0.1) is 0 Å². The summed E-state index contributed by atoms with van der Waals surface area (Å²) in [6, 6.07) is 9.49. The van der Waals surface area contributed by atoms with Crippen LogP contribution in [0.15, 0.2) is 42.7 Å². The van der Waals surface area contributed by atoms with Gasteiger partial charge in [0.25, 0.3) is 0 Å². The third kappa shape index (κ3) is 2.11. The largest absolute Gasteiger partial charge is 0.497 e. The number of halogens is 1. The van der Waals surface area contributed by atoms with E-state index in [0.717, 1.165) is 22.7 Å². The molecule has 19 heavy (non-hydrogen) atoms. The lowest BCUT2D eigenvalue weighted by Crippen LogP contribution is -1.90. The lowest BCUT2D eigenvalue weighted by Gasteiger charge is -1.99. The van der Waals surface area contributed by atoms with E-state index >= 15 is 0 Å². The van der Waals surface area contributed by atoms with Gasteiger partial charge in [-0.1, -0.05) is 11.6 Å². The number of ether oxygens (including phenoxy) is 1. The zero-order valence-corrected chi connectivity index (χ0v) is 11.1. The number of nitrogens with zero attached hydrogens (tertiary/aromatic N) is 2. The number of fused-ring (bicyclic) bond motifs is 1. The van der Waals surface area contributed by atoms with Gasteiger partial charge < -0.3 is 14.9 Å². The summed E-state index contributed by atoms with van der Waals surface area (Å²) in [4.78, 5) is 4.52. The molecule has 2 heterocycles. The topological polar surface area (TPSA) is 52.5 Å². The number of anilines is 1. The second-order valence-corrected chi connectivity index (χ2v) is 4.60. The molecule has 2 aromatic heterocycles. The highest BCUT2D eigenvalue weighted by atomic mass is 35.5. The van der Waals surface area contributed by atoms with Gasteiger partial charge >= 0.3 is 0 Å². The molecule has 0 unspecified atom stereocenters. The maximum Gasteiger partial charge on any atom is 0.139 e. The van der Waals surface area contributed by atoms with Gasteiger partial charge in [0.2, 0.25) is 0 Å². The lowest BCUT2D eigenvalue weighted by molar-refractivity contribution is 0.415. The van der Waals surface area contributed by atoms with Crippen LogP contribution in [0.2, 0.25) is 5.02 Å². The Morgan fingerprint density at radius 3 is 2.63 bits per heavy atom. The predicted octanol–water partition coefficient (Wildman–Crippen LogP) is 3.25. The molecule has 0 bridgehead atoms. The Morgan fingerprint density at radius 2 is 1.95 bits per heavy atom. The summed E-state index contributed by atoms with van der Waals surface area (Å²) >= 11 is 5.99. The molecule has 0 radical (unpaired) electrons. The van der Waals surface area contributed by atoms with Gasteiger partial charge in [-0.3, -0.25) is 0 Å².